The quantitative estimate of drug-likeness (QED) is 0.310. The molecule has 1 saturated heterocycles. The van der Waals surface area contributed by atoms with Gasteiger partial charge in [-0.15, -0.1) is 0 Å². The second-order valence-electron chi connectivity index (χ2n) is 10.2. The number of aromatic nitrogens is 5. The van der Waals surface area contributed by atoms with Gasteiger partial charge in [-0.2, -0.15) is 0 Å². The second kappa shape index (κ2) is 12.0. The Morgan fingerprint density at radius 3 is 2.54 bits per heavy atom. The minimum absolute atomic E-state index is 0.0116. The molecule has 0 radical (unpaired) electrons. The number of benzene rings is 1. The van der Waals surface area contributed by atoms with E-state index in [9.17, 15) is 9.18 Å². The van der Waals surface area contributed by atoms with Crippen molar-refractivity contribution in [2.75, 3.05) is 43.5 Å². The van der Waals surface area contributed by atoms with Crippen LogP contribution in [0.1, 0.15) is 43.1 Å². The number of rotatable bonds is 9. The van der Waals surface area contributed by atoms with Crippen LogP contribution in [0.25, 0.3) is 11.0 Å². The summed E-state index contributed by atoms with van der Waals surface area (Å²) in [6.45, 7) is 5.17. The summed E-state index contributed by atoms with van der Waals surface area (Å²) in [5, 5.41) is 12.1. The third kappa shape index (κ3) is 6.04. The first kappa shape index (κ1) is 28.1. The lowest BCUT2D eigenvalue weighted by atomic mass is 10.1. The van der Waals surface area contributed by atoms with Crippen LogP contribution >= 0.6 is 0 Å². The van der Waals surface area contributed by atoms with Crippen LogP contribution in [0.3, 0.4) is 0 Å². The first-order valence-corrected chi connectivity index (χ1v) is 13.4. The van der Waals surface area contributed by atoms with Crippen molar-refractivity contribution >= 4 is 34.4 Å². The molecule has 5 rings (SSSR count). The number of amides is 1. The van der Waals surface area contributed by atoms with Crippen molar-refractivity contribution in [1.82, 2.24) is 29.4 Å². The highest BCUT2D eigenvalue weighted by Gasteiger charge is 2.26. The van der Waals surface area contributed by atoms with Crippen LogP contribution in [0.4, 0.5) is 26.2 Å². The number of aliphatic hydroxyl groups is 1. The number of anilines is 3. The maximum Gasteiger partial charge on any atom is 0.253 e. The number of halogens is 2. The van der Waals surface area contributed by atoms with Gasteiger partial charge >= 0.3 is 0 Å². The maximum atomic E-state index is 15.3. The lowest BCUT2D eigenvalue weighted by Crippen LogP contribution is -2.35. The third-order valence-electron chi connectivity index (χ3n) is 6.94. The van der Waals surface area contributed by atoms with E-state index < -0.39 is 17.5 Å². The maximum absolute atomic E-state index is 15.3. The molecule has 2 N–H and O–H groups in total. The fraction of sp³-hybridized carbons (Fsp3) is 0.393. The van der Waals surface area contributed by atoms with E-state index in [1.54, 1.807) is 12.4 Å². The number of ether oxygens (including phenoxy) is 1. The minimum atomic E-state index is -0.696. The van der Waals surface area contributed by atoms with Crippen LogP contribution in [-0.2, 0) is 0 Å². The van der Waals surface area contributed by atoms with Crippen molar-refractivity contribution in [3.63, 3.8) is 0 Å². The van der Waals surface area contributed by atoms with Crippen LogP contribution in [-0.4, -0.2) is 79.8 Å². The Balaban J connectivity index is 1.31. The highest BCUT2D eigenvalue weighted by molar-refractivity contribution is 5.95. The lowest BCUT2D eigenvalue weighted by molar-refractivity contribution is 0.0766. The van der Waals surface area contributed by atoms with Gasteiger partial charge in [0, 0.05) is 44.5 Å². The van der Waals surface area contributed by atoms with Crippen molar-refractivity contribution < 1.29 is 23.4 Å². The van der Waals surface area contributed by atoms with Crippen LogP contribution in [0, 0.1) is 11.6 Å². The Labute approximate surface area is 235 Å². The van der Waals surface area contributed by atoms with E-state index >= 15 is 4.39 Å². The minimum Gasteiger partial charge on any atom is -0.488 e. The van der Waals surface area contributed by atoms with Gasteiger partial charge in [0.25, 0.3) is 5.91 Å². The number of fused-ring (bicyclic) bond motifs is 1. The van der Waals surface area contributed by atoms with Crippen molar-refractivity contribution in [3.05, 3.63) is 60.3 Å². The molecule has 41 heavy (non-hydrogen) atoms. The number of carbonyl (C=O) groups is 1. The Morgan fingerprint density at radius 2 is 1.88 bits per heavy atom. The molecule has 13 heteroatoms. The average Bonchev–Trinajstić information content (AvgIpc) is 3.31. The first-order chi connectivity index (χ1) is 19.7. The van der Waals surface area contributed by atoms with Gasteiger partial charge < -0.3 is 29.5 Å². The Hall–Kier alpha value is -4.39. The van der Waals surface area contributed by atoms with E-state index in [0.717, 1.165) is 18.9 Å². The predicted octanol–water partition coefficient (Wildman–Crippen LogP) is 3.94. The molecule has 1 fully saturated rings. The van der Waals surface area contributed by atoms with Gasteiger partial charge in [-0.25, -0.2) is 28.7 Å². The number of likely N-dealkylation sites (N-methyl/N-ethyl adjacent to an activating group) is 1. The molecule has 0 saturated carbocycles. The standard InChI is InChI=1S/C28H32F2N8O3/c1-17(2)41-20-13-31-28(32-14-20)37-8-6-19(7-9-37)38-15-22(30)24-25(33-16-34-26(24)38)35-23-5-4-18(12-21(23)29)27(40)36(3)10-11-39/h4-5,12-17,19,39H,6-11H2,1-3H3,(H,33,34,35). The fourth-order valence-corrected chi connectivity index (χ4v) is 4.91. The van der Waals surface area contributed by atoms with Crippen molar-refractivity contribution in [3.8, 4) is 5.75 Å². The molecule has 216 valence electrons. The molecule has 1 aliphatic heterocycles. The Morgan fingerprint density at radius 1 is 1.15 bits per heavy atom. The number of nitrogens with zero attached hydrogens (tertiary/aromatic N) is 7. The van der Waals surface area contributed by atoms with E-state index in [1.165, 1.54) is 36.6 Å². The van der Waals surface area contributed by atoms with Crippen molar-refractivity contribution in [2.24, 2.45) is 0 Å². The molecule has 0 spiro atoms. The summed E-state index contributed by atoms with van der Waals surface area (Å²) < 4.78 is 37.7. The number of hydrogen-bond donors (Lipinski definition) is 2. The number of nitrogens with one attached hydrogen (secondary N) is 1. The summed E-state index contributed by atoms with van der Waals surface area (Å²) in [5.74, 6) is -0.285. The zero-order valence-electron chi connectivity index (χ0n) is 23.1. The molecule has 1 aliphatic rings. The first-order valence-electron chi connectivity index (χ1n) is 13.4. The molecule has 4 heterocycles. The monoisotopic (exact) mass is 566 g/mol. The van der Waals surface area contributed by atoms with Crippen molar-refractivity contribution in [2.45, 2.75) is 38.8 Å². The summed E-state index contributed by atoms with van der Waals surface area (Å²) >= 11 is 0. The Bertz CT molecular complexity index is 1520. The molecule has 1 aromatic carbocycles. The topological polar surface area (TPSA) is 122 Å². The highest BCUT2D eigenvalue weighted by Crippen LogP contribution is 2.33. The molecule has 4 aromatic rings. The third-order valence-corrected chi connectivity index (χ3v) is 6.94. The fourth-order valence-electron chi connectivity index (χ4n) is 4.91. The van der Waals surface area contributed by atoms with E-state index in [2.05, 4.69) is 30.2 Å². The smallest absolute Gasteiger partial charge is 0.253 e. The average molecular weight is 567 g/mol. The molecule has 0 bridgehead atoms. The van der Waals surface area contributed by atoms with Gasteiger partial charge in [-0.05, 0) is 44.9 Å². The predicted molar refractivity (Wildman–Crippen MR) is 149 cm³/mol. The van der Waals surface area contributed by atoms with Crippen LogP contribution in [0.5, 0.6) is 5.75 Å². The summed E-state index contributed by atoms with van der Waals surface area (Å²) in [4.78, 5) is 33.2. The number of piperidine rings is 1. The molecule has 0 unspecified atom stereocenters. The van der Waals surface area contributed by atoms with Gasteiger partial charge in [0.2, 0.25) is 5.95 Å². The van der Waals surface area contributed by atoms with Gasteiger partial charge in [0.15, 0.2) is 11.6 Å². The summed E-state index contributed by atoms with van der Waals surface area (Å²) in [6.07, 6.45) is 7.53. The van der Waals surface area contributed by atoms with Crippen LogP contribution in [0.15, 0.2) is 43.1 Å². The SMILES string of the molecule is CC(C)Oc1cnc(N2CCC(n3cc(F)c4c(Nc5ccc(C(=O)N(C)CCO)cc5F)ncnc43)CC2)nc1. The van der Waals surface area contributed by atoms with Gasteiger partial charge in [-0.1, -0.05) is 0 Å². The molecule has 0 aliphatic carbocycles. The van der Waals surface area contributed by atoms with E-state index in [-0.39, 0.29) is 47.8 Å². The largest absolute Gasteiger partial charge is 0.488 e. The molecule has 0 atom stereocenters. The number of hydrogen-bond acceptors (Lipinski definition) is 9. The molecular formula is C28H32F2N8O3. The molecular weight excluding hydrogens is 534 g/mol. The van der Waals surface area contributed by atoms with E-state index in [0.29, 0.717) is 30.4 Å². The normalized spacial score (nSPS) is 14.1. The molecule has 1 amide bonds. The summed E-state index contributed by atoms with van der Waals surface area (Å²) in [6, 6.07) is 3.95. The highest BCUT2D eigenvalue weighted by atomic mass is 19.1. The number of aliphatic hydroxyl groups excluding tert-OH is 1. The molecule has 3 aromatic heterocycles. The van der Waals surface area contributed by atoms with Crippen molar-refractivity contribution in [1.29, 1.82) is 0 Å². The summed E-state index contributed by atoms with van der Waals surface area (Å²) in [5.41, 5.74) is 0.574. The Kier molecular flexibility index (Phi) is 8.24. The number of carbonyl (C=O) groups excluding carboxylic acids is 1. The van der Waals surface area contributed by atoms with E-state index in [4.69, 9.17) is 9.84 Å². The van der Waals surface area contributed by atoms with Crippen LogP contribution in [0.2, 0.25) is 0 Å². The zero-order valence-corrected chi connectivity index (χ0v) is 23.1. The second-order valence-corrected chi connectivity index (χ2v) is 10.2. The van der Waals surface area contributed by atoms with Crippen LogP contribution < -0.4 is 15.0 Å². The van der Waals surface area contributed by atoms with E-state index in [1.807, 2.05) is 18.4 Å². The van der Waals surface area contributed by atoms with Gasteiger partial charge in [0.1, 0.15) is 23.6 Å². The molecule has 11 nitrogen and oxygen atoms in total. The van der Waals surface area contributed by atoms with Gasteiger partial charge in [0.05, 0.1) is 36.2 Å². The summed E-state index contributed by atoms with van der Waals surface area (Å²) in [7, 11) is 1.52. The lowest BCUT2D eigenvalue weighted by Gasteiger charge is -2.32. The van der Waals surface area contributed by atoms with Gasteiger partial charge in [-0.3, -0.25) is 4.79 Å². The zero-order chi connectivity index (χ0) is 29.1.